The van der Waals surface area contributed by atoms with E-state index in [4.69, 9.17) is 9.47 Å². The second-order valence-electron chi connectivity index (χ2n) is 6.68. The highest BCUT2D eigenvalue weighted by atomic mass is 16.6. The quantitative estimate of drug-likeness (QED) is 0.331. The number of anilines is 1. The van der Waals surface area contributed by atoms with Gasteiger partial charge < -0.3 is 14.8 Å². The molecular formula is C23H20N2O6. The zero-order chi connectivity index (χ0) is 22.2. The van der Waals surface area contributed by atoms with Gasteiger partial charge in [0.05, 0.1) is 10.5 Å². The highest BCUT2D eigenvalue weighted by Gasteiger charge is 2.13. The van der Waals surface area contributed by atoms with E-state index in [2.05, 4.69) is 5.32 Å². The Morgan fingerprint density at radius 2 is 1.71 bits per heavy atom. The third kappa shape index (κ3) is 6.14. The van der Waals surface area contributed by atoms with Crippen molar-refractivity contribution < 1.29 is 24.0 Å². The number of ether oxygens (including phenoxy) is 2. The van der Waals surface area contributed by atoms with Crippen LogP contribution in [0, 0.1) is 17.0 Å². The number of nitro groups is 1. The van der Waals surface area contributed by atoms with Crippen LogP contribution in [0.2, 0.25) is 0 Å². The Kier molecular flexibility index (Phi) is 6.95. The lowest BCUT2D eigenvalue weighted by atomic mass is 10.2. The van der Waals surface area contributed by atoms with E-state index in [1.807, 2.05) is 30.3 Å². The van der Waals surface area contributed by atoms with E-state index in [-0.39, 0.29) is 11.3 Å². The summed E-state index contributed by atoms with van der Waals surface area (Å²) in [5, 5.41) is 13.3. The van der Waals surface area contributed by atoms with Gasteiger partial charge in [-0.15, -0.1) is 0 Å². The Labute approximate surface area is 178 Å². The summed E-state index contributed by atoms with van der Waals surface area (Å²) in [7, 11) is 0. The Hall–Kier alpha value is -4.20. The van der Waals surface area contributed by atoms with Gasteiger partial charge in [0.1, 0.15) is 12.4 Å². The third-order valence-corrected chi connectivity index (χ3v) is 4.37. The number of hydrogen-bond donors (Lipinski definition) is 1. The minimum Gasteiger partial charge on any atom is -0.489 e. The molecule has 0 radical (unpaired) electrons. The molecular weight excluding hydrogens is 400 g/mol. The van der Waals surface area contributed by atoms with Gasteiger partial charge in [-0.05, 0) is 48.4 Å². The zero-order valence-corrected chi connectivity index (χ0v) is 16.7. The molecule has 1 amide bonds. The number of carbonyl (C=O) groups is 2. The summed E-state index contributed by atoms with van der Waals surface area (Å²) in [5.41, 5.74) is 2.18. The molecule has 0 bridgehead atoms. The van der Waals surface area contributed by atoms with Crippen molar-refractivity contribution in [3.63, 3.8) is 0 Å². The molecule has 0 saturated heterocycles. The largest absolute Gasteiger partial charge is 0.489 e. The topological polar surface area (TPSA) is 108 Å². The fourth-order valence-electron chi connectivity index (χ4n) is 2.73. The van der Waals surface area contributed by atoms with Crippen molar-refractivity contribution in [2.75, 3.05) is 11.9 Å². The lowest BCUT2D eigenvalue weighted by molar-refractivity contribution is -0.384. The number of esters is 1. The number of aryl methyl sites for hydroxylation is 1. The normalized spacial score (nSPS) is 10.2. The Balaban J connectivity index is 1.48. The molecule has 0 atom stereocenters. The highest BCUT2D eigenvalue weighted by Crippen LogP contribution is 2.21. The van der Waals surface area contributed by atoms with Crippen LogP contribution in [0.15, 0.2) is 72.8 Å². The molecule has 158 valence electrons. The summed E-state index contributed by atoms with van der Waals surface area (Å²) in [6.45, 7) is 1.56. The maximum atomic E-state index is 12.2. The summed E-state index contributed by atoms with van der Waals surface area (Å²) < 4.78 is 10.7. The van der Waals surface area contributed by atoms with Crippen molar-refractivity contribution >= 4 is 23.3 Å². The maximum absolute atomic E-state index is 12.2. The van der Waals surface area contributed by atoms with E-state index in [9.17, 15) is 19.7 Å². The Morgan fingerprint density at radius 1 is 1.00 bits per heavy atom. The van der Waals surface area contributed by atoms with Gasteiger partial charge in [-0.2, -0.15) is 0 Å². The molecule has 0 aliphatic rings. The van der Waals surface area contributed by atoms with Crippen LogP contribution < -0.4 is 10.1 Å². The smallest absolute Gasteiger partial charge is 0.338 e. The number of nitrogens with one attached hydrogen (secondary N) is 1. The van der Waals surface area contributed by atoms with Gasteiger partial charge in [0.2, 0.25) is 0 Å². The number of nitro benzene ring substituents is 1. The minimum atomic E-state index is -0.648. The standard InChI is InChI=1S/C23H20N2O6/c1-16-13-19(25(28)29)9-12-21(16)24-22(26)15-31-23(27)18-7-10-20(11-8-18)30-14-17-5-3-2-4-6-17/h2-13H,14-15H2,1H3,(H,24,26). The summed E-state index contributed by atoms with van der Waals surface area (Å²) in [5.74, 6) is -0.593. The first-order chi connectivity index (χ1) is 14.9. The van der Waals surface area contributed by atoms with Crippen molar-refractivity contribution in [1.82, 2.24) is 0 Å². The van der Waals surface area contributed by atoms with Crippen LogP contribution >= 0.6 is 0 Å². The zero-order valence-electron chi connectivity index (χ0n) is 16.7. The molecule has 0 aliphatic heterocycles. The van der Waals surface area contributed by atoms with Crippen molar-refractivity contribution in [3.05, 3.63) is 99.6 Å². The number of hydrogen-bond acceptors (Lipinski definition) is 6. The molecule has 0 fully saturated rings. The number of rotatable bonds is 8. The molecule has 31 heavy (non-hydrogen) atoms. The van der Waals surface area contributed by atoms with Crippen molar-refractivity contribution in [3.8, 4) is 5.75 Å². The molecule has 3 aromatic carbocycles. The van der Waals surface area contributed by atoms with Crippen molar-refractivity contribution in [1.29, 1.82) is 0 Å². The molecule has 8 nitrogen and oxygen atoms in total. The number of nitrogens with zero attached hydrogens (tertiary/aromatic N) is 1. The molecule has 8 heteroatoms. The van der Waals surface area contributed by atoms with E-state index >= 15 is 0 Å². The van der Waals surface area contributed by atoms with E-state index in [1.54, 1.807) is 31.2 Å². The average molecular weight is 420 g/mol. The van der Waals surface area contributed by atoms with E-state index in [0.29, 0.717) is 23.6 Å². The number of amides is 1. The maximum Gasteiger partial charge on any atom is 0.338 e. The summed E-state index contributed by atoms with van der Waals surface area (Å²) in [4.78, 5) is 34.5. The highest BCUT2D eigenvalue weighted by molar-refractivity contribution is 5.96. The van der Waals surface area contributed by atoms with Crippen LogP contribution in [0.4, 0.5) is 11.4 Å². The lowest BCUT2D eigenvalue weighted by Gasteiger charge is -2.09. The fraction of sp³-hybridized carbons (Fsp3) is 0.130. The minimum absolute atomic E-state index is 0.0712. The van der Waals surface area contributed by atoms with E-state index in [0.717, 1.165) is 5.56 Å². The SMILES string of the molecule is Cc1cc([N+](=O)[O-])ccc1NC(=O)COC(=O)c1ccc(OCc2ccccc2)cc1. The van der Waals surface area contributed by atoms with Crippen LogP contribution in [0.5, 0.6) is 5.75 Å². The van der Waals surface area contributed by atoms with Crippen molar-refractivity contribution in [2.45, 2.75) is 13.5 Å². The predicted octanol–water partition coefficient (Wildman–Crippen LogP) is 4.28. The number of carbonyl (C=O) groups excluding carboxylic acids is 2. The van der Waals surface area contributed by atoms with Gasteiger partial charge in [0.15, 0.2) is 6.61 Å². The Bertz CT molecular complexity index is 1080. The molecule has 1 N–H and O–H groups in total. The second kappa shape index (κ2) is 10.0. The molecule has 0 aliphatic carbocycles. The molecule has 0 unspecified atom stereocenters. The average Bonchev–Trinajstić information content (AvgIpc) is 2.78. The first-order valence-electron chi connectivity index (χ1n) is 9.41. The summed E-state index contributed by atoms with van der Waals surface area (Å²) in [6.07, 6.45) is 0. The molecule has 0 heterocycles. The van der Waals surface area contributed by atoms with Gasteiger partial charge in [-0.1, -0.05) is 30.3 Å². The molecule has 0 saturated carbocycles. The van der Waals surface area contributed by atoms with Crippen LogP contribution in [0.25, 0.3) is 0 Å². The summed E-state index contributed by atoms with van der Waals surface area (Å²) >= 11 is 0. The second-order valence-corrected chi connectivity index (χ2v) is 6.68. The monoisotopic (exact) mass is 420 g/mol. The Morgan fingerprint density at radius 3 is 2.35 bits per heavy atom. The predicted molar refractivity (Wildman–Crippen MR) is 114 cm³/mol. The van der Waals surface area contributed by atoms with Crippen LogP contribution in [-0.4, -0.2) is 23.4 Å². The van der Waals surface area contributed by atoms with Gasteiger partial charge >= 0.3 is 5.97 Å². The summed E-state index contributed by atoms with van der Waals surface area (Å²) in [6, 6.07) is 20.2. The van der Waals surface area contributed by atoms with E-state index in [1.165, 1.54) is 18.2 Å². The fourth-order valence-corrected chi connectivity index (χ4v) is 2.73. The first-order valence-corrected chi connectivity index (χ1v) is 9.41. The lowest BCUT2D eigenvalue weighted by Crippen LogP contribution is -2.21. The van der Waals surface area contributed by atoms with Crippen LogP contribution in [-0.2, 0) is 16.1 Å². The molecule has 3 aromatic rings. The van der Waals surface area contributed by atoms with Crippen molar-refractivity contribution in [2.24, 2.45) is 0 Å². The van der Waals surface area contributed by atoms with Gasteiger partial charge in [0, 0.05) is 17.8 Å². The molecule has 0 aromatic heterocycles. The van der Waals surface area contributed by atoms with Gasteiger partial charge in [0.25, 0.3) is 11.6 Å². The van der Waals surface area contributed by atoms with E-state index < -0.39 is 23.4 Å². The van der Waals surface area contributed by atoms with Gasteiger partial charge in [-0.3, -0.25) is 14.9 Å². The van der Waals surface area contributed by atoms with Crippen LogP contribution in [0.1, 0.15) is 21.5 Å². The third-order valence-electron chi connectivity index (χ3n) is 4.37. The van der Waals surface area contributed by atoms with Crippen LogP contribution in [0.3, 0.4) is 0 Å². The molecule has 3 rings (SSSR count). The number of benzene rings is 3. The van der Waals surface area contributed by atoms with Gasteiger partial charge in [-0.25, -0.2) is 4.79 Å². The molecule has 0 spiro atoms. The first kappa shape index (κ1) is 21.5. The number of non-ortho nitro benzene ring substituents is 1.